The Balaban J connectivity index is 1.54. The standard InChI is InChI=1S/C29H31N3O4S/c1-3-19-36-25-15-11-23(12-16-25)32-27(33)20-26(28(32)34)31(29(37)30-22-7-5-4-6-8-22)18-17-21-9-13-24(35-2)14-10-21/h4-16,26H,3,17-20H2,1-2H3,(H,30,37)/t26-/m0/s1. The highest BCUT2D eigenvalue weighted by Gasteiger charge is 2.43. The molecule has 1 saturated heterocycles. The van der Waals surface area contributed by atoms with Crippen molar-refractivity contribution in [1.82, 2.24) is 4.90 Å². The molecule has 0 spiro atoms. The molecule has 1 aliphatic heterocycles. The zero-order valence-electron chi connectivity index (χ0n) is 21.1. The van der Waals surface area contributed by atoms with Gasteiger partial charge in [-0.15, -0.1) is 0 Å². The number of carbonyl (C=O) groups is 2. The number of ether oxygens (including phenoxy) is 2. The third-order valence-corrected chi connectivity index (χ3v) is 6.49. The summed E-state index contributed by atoms with van der Waals surface area (Å²) < 4.78 is 10.9. The second-order valence-electron chi connectivity index (χ2n) is 8.72. The monoisotopic (exact) mass is 517 g/mol. The van der Waals surface area contributed by atoms with Crippen LogP contribution in [-0.4, -0.2) is 48.1 Å². The van der Waals surface area contributed by atoms with Crippen LogP contribution in [0.15, 0.2) is 78.9 Å². The Bertz CT molecular complexity index is 1220. The van der Waals surface area contributed by atoms with Gasteiger partial charge in [-0.1, -0.05) is 37.3 Å². The summed E-state index contributed by atoms with van der Waals surface area (Å²) in [7, 11) is 1.63. The van der Waals surface area contributed by atoms with Crippen molar-refractivity contribution in [2.75, 3.05) is 30.5 Å². The van der Waals surface area contributed by atoms with Gasteiger partial charge in [0.05, 0.1) is 25.8 Å². The number of thiocarbonyl (C=S) groups is 1. The van der Waals surface area contributed by atoms with Gasteiger partial charge in [0.1, 0.15) is 17.5 Å². The lowest BCUT2D eigenvalue weighted by molar-refractivity contribution is -0.122. The van der Waals surface area contributed by atoms with E-state index in [9.17, 15) is 9.59 Å². The lowest BCUT2D eigenvalue weighted by Crippen LogP contribution is -2.48. The molecule has 0 radical (unpaired) electrons. The van der Waals surface area contributed by atoms with Gasteiger partial charge in [-0.05, 0) is 79.2 Å². The number of hydrogen-bond donors (Lipinski definition) is 1. The van der Waals surface area contributed by atoms with Crippen LogP contribution in [0.4, 0.5) is 11.4 Å². The predicted octanol–water partition coefficient (Wildman–Crippen LogP) is 5.06. The molecule has 8 heteroatoms. The molecule has 1 heterocycles. The van der Waals surface area contributed by atoms with Crippen molar-refractivity contribution in [3.63, 3.8) is 0 Å². The Morgan fingerprint density at radius 1 is 1.00 bits per heavy atom. The van der Waals surface area contributed by atoms with E-state index in [2.05, 4.69) is 5.32 Å². The molecule has 37 heavy (non-hydrogen) atoms. The molecule has 0 aliphatic carbocycles. The molecule has 4 rings (SSSR count). The topological polar surface area (TPSA) is 71.1 Å². The first-order valence-corrected chi connectivity index (χ1v) is 12.8. The third kappa shape index (κ3) is 6.46. The van der Waals surface area contributed by atoms with Crippen molar-refractivity contribution in [3.05, 3.63) is 84.4 Å². The minimum Gasteiger partial charge on any atom is -0.497 e. The van der Waals surface area contributed by atoms with Crippen LogP contribution in [0.25, 0.3) is 0 Å². The first kappa shape index (κ1) is 26.2. The van der Waals surface area contributed by atoms with E-state index in [1.54, 1.807) is 31.4 Å². The molecule has 1 N–H and O–H groups in total. The van der Waals surface area contributed by atoms with Crippen molar-refractivity contribution in [2.45, 2.75) is 32.2 Å². The molecule has 1 atom stereocenters. The summed E-state index contributed by atoms with van der Waals surface area (Å²) >= 11 is 5.75. The van der Waals surface area contributed by atoms with Gasteiger partial charge in [-0.25, -0.2) is 4.90 Å². The van der Waals surface area contributed by atoms with E-state index >= 15 is 0 Å². The number of anilines is 2. The van der Waals surface area contributed by atoms with Gasteiger partial charge < -0.3 is 19.7 Å². The van der Waals surface area contributed by atoms with Crippen molar-refractivity contribution in [1.29, 1.82) is 0 Å². The van der Waals surface area contributed by atoms with Crippen molar-refractivity contribution >= 4 is 40.5 Å². The fraction of sp³-hybridized carbons (Fsp3) is 0.276. The molecule has 1 fully saturated rings. The van der Waals surface area contributed by atoms with Gasteiger partial charge in [-0.2, -0.15) is 0 Å². The summed E-state index contributed by atoms with van der Waals surface area (Å²) in [5, 5.41) is 3.63. The molecule has 3 aromatic rings. The van der Waals surface area contributed by atoms with Gasteiger partial charge >= 0.3 is 0 Å². The van der Waals surface area contributed by atoms with Crippen LogP contribution in [0.3, 0.4) is 0 Å². The summed E-state index contributed by atoms with van der Waals surface area (Å²) in [6, 6.07) is 23.7. The molecule has 2 amide bonds. The van der Waals surface area contributed by atoms with E-state index in [1.807, 2.05) is 66.4 Å². The molecule has 0 aromatic heterocycles. The zero-order valence-corrected chi connectivity index (χ0v) is 21.9. The minimum atomic E-state index is -0.703. The van der Waals surface area contributed by atoms with Gasteiger partial charge in [-0.3, -0.25) is 9.59 Å². The Labute approximate surface area is 223 Å². The quantitative estimate of drug-likeness (QED) is 0.298. The Hall–Kier alpha value is -3.91. The van der Waals surface area contributed by atoms with E-state index in [0.717, 1.165) is 23.4 Å². The number of methoxy groups -OCH3 is 1. The first-order chi connectivity index (χ1) is 18.0. The Morgan fingerprint density at radius 2 is 1.68 bits per heavy atom. The largest absolute Gasteiger partial charge is 0.497 e. The van der Waals surface area contributed by atoms with Crippen molar-refractivity contribution < 1.29 is 19.1 Å². The number of benzene rings is 3. The fourth-order valence-corrected chi connectivity index (χ4v) is 4.54. The van der Waals surface area contributed by atoms with Crippen LogP contribution < -0.4 is 19.7 Å². The number of rotatable bonds is 10. The number of nitrogens with one attached hydrogen (secondary N) is 1. The third-order valence-electron chi connectivity index (χ3n) is 6.15. The SMILES string of the molecule is CCCOc1ccc(N2C(=O)C[C@H](N(CCc3ccc(OC)cc3)C(=S)Nc3ccccc3)C2=O)cc1. The molecule has 3 aromatic carbocycles. The van der Waals surface area contributed by atoms with E-state index in [0.29, 0.717) is 36.1 Å². The van der Waals surface area contributed by atoms with Crippen molar-refractivity contribution in [3.8, 4) is 11.5 Å². The number of imide groups is 1. The summed E-state index contributed by atoms with van der Waals surface area (Å²) in [5.41, 5.74) is 2.42. The van der Waals surface area contributed by atoms with Gasteiger partial charge in [0.25, 0.3) is 5.91 Å². The van der Waals surface area contributed by atoms with Gasteiger partial charge in [0.2, 0.25) is 5.91 Å². The van der Waals surface area contributed by atoms with E-state index < -0.39 is 6.04 Å². The first-order valence-electron chi connectivity index (χ1n) is 12.4. The fourth-order valence-electron chi connectivity index (χ4n) is 4.20. The predicted molar refractivity (Wildman–Crippen MR) is 149 cm³/mol. The zero-order chi connectivity index (χ0) is 26.2. The highest BCUT2D eigenvalue weighted by molar-refractivity contribution is 7.80. The smallest absolute Gasteiger partial charge is 0.257 e. The van der Waals surface area contributed by atoms with E-state index in [1.165, 1.54) is 4.90 Å². The average Bonchev–Trinajstić information content (AvgIpc) is 3.22. The molecule has 0 saturated carbocycles. The van der Waals surface area contributed by atoms with E-state index in [-0.39, 0.29) is 18.2 Å². The minimum absolute atomic E-state index is 0.0478. The average molecular weight is 518 g/mol. The molecular weight excluding hydrogens is 486 g/mol. The molecule has 0 bridgehead atoms. The molecule has 7 nitrogen and oxygen atoms in total. The maximum atomic E-state index is 13.6. The Kier molecular flexibility index (Phi) is 8.74. The lowest BCUT2D eigenvalue weighted by Gasteiger charge is -2.30. The van der Waals surface area contributed by atoms with Gasteiger partial charge in [0, 0.05) is 12.2 Å². The van der Waals surface area contributed by atoms with Crippen LogP contribution in [-0.2, 0) is 16.0 Å². The Morgan fingerprint density at radius 3 is 2.32 bits per heavy atom. The van der Waals surface area contributed by atoms with Crippen LogP contribution in [0.2, 0.25) is 0 Å². The lowest BCUT2D eigenvalue weighted by atomic mass is 10.1. The van der Waals surface area contributed by atoms with Crippen molar-refractivity contribution in [2.24, 2.45) is 0 Å². The highest BCUT2D eigenvalue weighted by atomic mass is 32.1. The number of nitrogens with zero attached hydrogens (tertiary/aromatic N) is 2. The summed E-state index contributed by atoms with van der Waals surface area (Å²) in [5.74, 6) is 0.934. The normalized spacial score (nSPS) is 15.0. The summed E-state index contributed by atoms with van der Waals surface area (Å²) in [4.78, 5) is 29.7. The van der Waals surface area contributed by atoms with Crippen LogP contribution in [0.5, 0.6) is 11.5 Å². The maximum Gasteiger partial charge on any atom is 0.257 e. The second kappa shape index (κ2) is 12.4. The summed E-state index contributed by atoms with van der Waals surface area (Å²) in [6.07, 6.45) is 1.59. The van der Waals surface area contributed by atoms with Crippen LogP contribution in [0, 0.1) is 0 Å². The van der Waals surface area contributed by atoms with E-state index in [4.69, 9.17) is 21.7 Å². The van der Waals surface area contributed by atoms with Gasteiger partial charge in [0.15, 0.2) is 5.11 Å². The maximum absolute atomic E-state index is 13.6. The molecule has 1 aliphatic rings. The molecule has 192 valence electrons. The van der Waals surface area contributed by atoms with Crippen LogP contribution in [0.1, 0.15) is 25.3 Å². The number of carbonyl (C=O) groups excluding carboxylic acids is 2. The van der Waals surface area contributed by atoms with Crippen LogP contribution >= 0.6 is 12.2 Å². The highest BCUT2D eigenvalue weighted by Crippen LogP contribution is 2.28. The summed E-state index contributed by atoms with van der Waals surface area (Å²) in [6.45, 7) is 3.11. The number of para-hydroxylation sites is 1. The molecule has 0 unspecified atom stereocenters. The number of amides is 2. The second-order valence-corrected chi connectivity index (χ2v) is 9.10. The molecular formula is C29H31N3O4S. The number of hydrogen-bond acceptors (Lipinski definition) is 5.